The van der Waals surface area contributed by atoms with E-state index in [0.29, 0.717) is 5.41 Å². The second-order valence-corrected chi connectivity index (χ2v) is 4.37. The van der Waals surface area contributed by atoms with Gasteiger partial charge in [-0.2, -0.15) is 0 Å². The Labute approximate surface area is 78.8 Å². The van der Waals surface area contributed by atoms with Crippen LogP contribution in [0.15, 0.2) is 0 Å². The van der Waals surface area contributed by atoms with Gasteiger partial charge in [-0.3, -0.25) is 0 Å². The summed E-state index contributed by atoms with van der Waals surface area (Å²) in [4.78, 5) is 0. The quantitative estimate of drug-likeness (QED) is 0.566. The summed E-state index contributed by atoms with van der Waals surface area (Å²) in [5.41, 5.74) is 0.663. The summed E-state index contributed by atoms with van der Waals surface area (Å²) in [6.07, 6.45) is 7.23. The second-order valence-electron chi connectivity index (χ2n) is 4.37. The van der Waals surface area contributed by atoms with Crippen molar-refractivity contribution in [3.8, 4) is 0 Å². The third kappa shape index (κ3) is 3.16. The van der Waals surface area contributed by atoms with Crippen LogP contribution in [-0.2, 0) is 0 Å². The third-order valence-corrected chi connectivity index (χ3v) is 3.12. The van der Waals surface area contributed by atoms with Crippen LogP contribution in [0.1, 0.15) is 66.7 Å². The van der Waals surface area contributed by atoms with E-state index in [-0.39, 0.29) is 0 Å². The Kier molecular flexibility index (Phi) is 5.61. The van der Waals surface area contributed by atoms with Crippen LogP contribution < -0.4 is 0 Å². The Morgan fingerprint density at radius 2 is 1.83 bits per heavy atom. The van der Waals surface area contributed by atoms with Crippen LogP contribution in [-0.4, -0.2) is 0 Å². The highest BCUT2D eigenvalue weighted by atomic mass is 14.4. The van der Waals surface area contributed by atoms with Crippen LogP contribution in [0.3, 0.4) is 0 Å². The molecule has 0 saturated heterocycles. The molecule has 74 valence electrons. The molecule has 0 N–H and O–H groups in total. The lowest BCUT2D eigenvalue weighted by Gasteiger charge is -2.26. The maximum absolute atomic E-state index is 2.43. The largest absolute Gasteiger partial charge is 0.0683 e. The maximum atomic E-state index is 2.43. The van der Waals surface area contributed by atoms with Crippen LogP contribution in [0.25, 0.3) is 0 Å². The molecule has 0 heteroatoms. The van der Waals surface area contributed by atoms with Gasteiger partial charge in [0.1, 0.15) is 0 Å². The molecule has 1 aliphatic rings. The standard InChI is InChI=1S/C10H20.C2H6/c1-4-6-9-7-5-8-10(9,2)3;1-2/h9H,4-8H2,1-3H3;1-2H3. The maximum Gasteiger partial charge on any atom is -0.0326 e. The van der Waals surface area contributed by atoms with Gasteiger partial charge in [-0.25, -0.2) is 0 Å². The molecular weight excluding hydrogens is 144 g/mol. The first-order valence-electron chi connectivity index (χ1n) is 5.67. The lowest BCUT2D eigenvalue weighted by Crippen LogP contribution is -2.16. The highest BCUT2D eigenvalue weighted by molar-refractivity contribution is 4.84. The van der Waals surface area contributed by atoms with Gasteiger partial charge >= 0.3 is 0 Å². The Morgan fingerprint density at radius 3 is 2.17 bits per heavy atom. The van der Waals surface area contributed by atoms with Gasteiger partial charge < -0.3 is 0 Å². The molecule has 0 nitrogen and oxygen atoms in total. The molecule has 1 atom stereocenters. The fraction of sp³-hybridized carbons (Fsp3) is 1.00. The van der Waals surface area contributed by atoms with Gasteiger partial charge in [0, 0.05) is 0 Å². The molecule has 0 aromatic heterocycles. The zero-order valence-corrected chi connectivity index (χ0v) is 9.61. The van der Waals surface area contributed by atoms with Crippen LogP contribution in [0, 0.1) is 11.3 Å². The van der Waals surface area contributed by atoms with Gasteiger partial charge in [0.15, 0.2) is 0 Å². The SMILES string of the molecule is CC.CCCC1CCCC1(C)C. The number of rotatable bonds is 2. The van der Waals surface area contributed by atoms with Crippen molar-refractivity contribution in [3.63, 3.8) is 0 Å². The minimum atomic E-state index is 0.663. The summed E-state index contributed by atoms with van der Waals surface area (Å²) >= 11 is 0. The van der Waals surface area contributed by atoms with Crippen LogP contribution in [0.2, 0.25) is 0 Å². The van der Waals surface area contributed by atoms with E-state index in [9.17, 15) is 0 Å². The molecule has 0 amide bonds. The predicted octanol–water partition coefficient (Wildman–Crippen LogP) is 4.64. The molecule has 0 radical (unpaired) electrons. The van der Waals surface area contributed by atoms with E-state index in [2.05, 4.69) is 20.8 Å². The lowest BCUT2D eigenvalue weighted by molar-refractivity contribution is 0.244. The van der Waals surface area contributed by atoms with Crippen molar-refractivity contribution in [2.75, 3.05) is 0 Å². The summed E-state index contributed by atoms with van der Waals surface area (Å²) in [6.45, 7) is 11.2. The fourth-order valence-electron chi connectivity index (χ4n) is 2.28. The monoisotopic (exact) mass is 170 g/mol. The first-order chi connectivity index (χ1) is 5.67. The van der Waals surface area contributed by atoms with E-state index < -0.39 is 0 Å². The molecule has 1 aliphatic carbocycles. The van der Waals surface area contributed by atoms with Gasteiger partial charge in [-0.05, 0) is 24.2 Å². The van der Waals surface area contributed by atoms with E-state index in [1.165, 1.54) is 32.1 Å². The van der Waals surface area contributed by atoms with Crippen molar-refractivity contribution in [2.45, 2.75) is 66.7 Å². The van der Waals surface area contributed by atoms with Crippen molar-refractivity contribution in [1.82, 2.24) is 0 Å². The van der Waals surface area contributed by atoms with Crippen molar-refractivity contribution in [2.24, 2.45) is 11.3 Å². The van der Waals surface area contributed by atoms with Crippen molar-refractivity contribution in [1.29, 1.82) is 0 Å². The molecule has 1 unspecified atom stereocenters. The molecule has 1 saturated carbocycles. The van der Waals surface area contributed by atoms with E-state index in [1.54, 1.807) is 0 Å². The first-order valence-corrected chi connectivity index (χ1v) is 5.67. The molecule has 1 rings (SSSR count). The summed E-state index contributed by atoms with van der Waals surface area (Å²) < 4.78 is 0. The van der Waals surface area contributed by atoms with Gasteiger partial charge in [0.05, 0.1) is 0 Å². The average Bonchev–Trinajstić information content (AvgIpc) is 2.36. The summed E-state index contributed by atoms with van der Waals surface area (Å²) in [5.74, 6) is 1.03. The molecule has 0 aromatic rings. The smallest absolute Gasteiger partial charge is 0.0326 e. The Bertz CT molecular complexity index is 103. The van der Waals surface area contributed by atoms with Crippen LogP contribution in [0.5, 0.6) is 0 Å². The van der Waals surface area contributed by atoms with Gasteiger partial charge in [-0.1, -0.05) is 53.9 Å². The zero-order chi connectivity index (χ0) is 9.61. The summed E-state index contributed by atoms with van der Waals surface area (Å²) in [5, 5.41) is 0. The van der Waals surface area contributed by atoms with E-state index in [4.69, 9.17) is 0 Å². The topological polar surface area (TPSA) is 0 Å². The van der Waals surface area contributed by atoms with E-state index >= 15 is 0 Å². The van der Waals surface area contributed by atoms with Crippen molar-refractivity contribution < 1.29 is 0 Å². The molecule has 0 aromatic carbocycles. The first kappa shape index (κ1) is 12.0. The highest BCUT2D eigenvalue weighted by Crippen LogP contribution is 2.44. The molecule has 0 heterocycles. The molecule has 0 bridgehead atoms. The minimum Gasteiger partial charge on any atom is -0.0683 e. The van der Waals surface area contributed by atoms with Crippen molar-refractivity contribution in [3.05, 3.63) is 0 Å². The average molecular weight is 170 g/mol. The van der Waals surface area contributed by atoms with E-state index in [0.717, 1.165) is 5.92 Å². The van der Waals surface area contributed by atoms with Crippen molar-refractivity contribution >= 4 is 0 Å². The summed E-state index contributed by atoms with van der Waals surface area (Å²) in [7, 11) is 0. The normalized spacial score (nSPS) is 26.2. The molecule has 1 fully saturated rings. The molecule has 12 heavy (non-hydrogen) atoms. The van der Waals surface area contributed by atoms with Gasteiger partial charge in [0.2, 0.25) is 0 Å². The van der Waals surface area contributed by atoms with Gasteiger partial charge in [-0.15, -0.1) is 0 Å². The molecule has 0 aliphatic heterocycles. The molecular formula is C12H26. The molecule has 0 spiro atoms. The highest BCUT2D eigenvalue weighted by Gasteiger charge is 2.33. The van der Waals surface area contributed by atoms with Crippen LogP contribution >= 0.6 is 0 Å². The van der Waals surface area contributed by atoms with Crippen LogP contribution in [0.4, 0.5) is 0 Å². The summed E-state index contributed by atoms with van der Waals surface area (Å²) in [6, 6.07) is 0. The minimum absolute atomic E-state index is 0.663. The van der Waals surface area contributed by atoms with E-state index in [1.807, 2.05) is 13.8 Å². The predicted molar refractivity (Wildman–Crippen MR) is 57.4 cm³/mol. The number of hydrogen-bond donors (Lipinski definition) is 0. The number of hydrogen-bond acceptors (Lipinski definition) is 0. The Morgan fingerprint density at radius 1 is 1.25 bits per heavy atom. The fourth-order valence-corrected chi connectivity index (χ4v) is 2.28. The lowest BCUT2D eigenvalue weighted by atomic mass is 9.79. The second kappa shape index (κ2) is 5.61. The zero-order valence-electron chi connectivity index (χ0n) is 9.61. The van der Waals surface area contributed by atoms with Gasteiger partial charge in [0.25, 0.3) is 0 Å². The Balaban J connectivity index is 0.000000561. The third-order valence-electron chi connectivity index (χ3n) is 3.12. The Hall–Kier alpha value is 0.